The summed E-state index contributed by atoms with van der Waals surface area (Å²) in [7, 11) is 0. The minimum absolute atomic E-state index is 0. The molecule has 0 radical (unpaired) electrons. The summed E-state index contributed by atoms with van der Waals surface area (Å²) in [6, 6.07) is 0. The third-order valence-corrected chi connectivity index (χ3v) is 0.552. The molecule has 1 atom stereocenters. The SMILES string of the molecule is CC(O)NCCO.[K+].[OH-]. The van der Waals surface area contributed by atoms with Crippen molar-refractivity contribution >= 4 is 0 Å². The zero-order valence-corrected chi connectivity index (χ0v) is 8.96. The van der Waals surface area contributed by atoms with Gasteiger partial charge in [-0.05, 0) is 6.92 Å². The molecule has 0 saturated heterocycles. The average molecular weight is 161 g/mol. The molecule has 0 spiro atoms. The van der Waals surface area contributed by atoms with Gasteiger partial charge in [0.2, 0.25) is 0 Å². The number of hydrogen-bond acceptors (Lipinski definition) is 4. The van der Waals surface area contributed by atoms with Crippen LogP contribution in [0.5, 0.6) is 0 Å². The van der Waals surface area contributed by atoms with E-state index in [1.807, 2.05) is 0 Å². The Morgan fingerprint density at radius 3 is 2.11 bits per heavy atom. The van der Waals surface area contributed by atoms with Crippen molar-refractivity contribution < 1.29 is 67.1 Å². The molecule has 0 aromatic carbocycles. The van der Waals surface area contributed by atoms with Gasteiger partial charge in [-0.1, -0.05) is 0 Å². The monoisotopic (exact) mass is 161 g/mol. The molecular formula is C4H12KNO3. The van der Waals surface area contributed by atoms with Crippen molar-refractivity contribution in [1.82, 2.24) is 5.32 Å². The van der Waals surface area contributed by atoms with Gasteiger partial charge >= 0.3 is 51.4 Å². The van der Waals surface area contributed by atoms with Gasteiger partial charge in [0.25, 0.3) is 0 Å². The summed E-state index contributed by atoms with van der Waals surface area (Å²) in [5, 5.41) is 19.2. The zero-order valence-electron chi connectivity index (χ0n) is 5.83. The van der Waals surface area contributed by atoms with Gasteiger partial charge < -0.3 is 15.7 Å². The van der Waals surface area contributed by atoms with Crippen LogP contribution in [0.1, 0.15) is 6.92 Å². The second-order valence-electron chi connectivity index (χ2n) is 1.35. The van der Waals surface area contributed by atoms with Crippen LogP contribution in [-0.2, 0) is 0 Å². The van der Waals surface area contributed by atoms with E-state index in [2.05, 4.69) is 5.32 Å². The van der Waals surface area contributed by atoms with E-state index in [1.165, 1.54) is 0 Å². The number of aliphatic hydroxyl groups is 2. The molecule has 0 heterocycles. The maximum atomic E-state index is 8.46. The van der Waals surface area contributed by atoms with Gasteiger partial charge in [0, 0.05) is 6.54 Å². The third-order valence-electron chi connectivity index (χ3n) is 0.552. The minimum Gasteiger partial charge on any atom is -0.870 e. The third kappa shape index (κ3) is 17.7. The Balaban J connectivity index is -0.000000180. The molecule has 0 saturated carbocycles. The van der Waals surface area contributed by atoms with Gasteiger partial charge in [0.05, 0.1) is 6.61 Å². The van der Waals surface area contributed by atoms with Gasteiger partial charge in [-0.25, -0.2) is 0 Å². The number of nitrogens with one attached hydrogen (secondary N) is 1. The molecule has 0 aliphatic rings. The largest absolute Gasteiger partial charge is 1.00 e. The minimum atomic E-state index is -0.507. The van der Waals surface area contributed by atoms with Crippen molar-refractivity contribution in [2.75, 3.05) is 13.2 Å². The first-order chi connectivity index (χ1) is 3.27. The summed E-state index contributed by atoms with van der Waals surface area (Å²) in [5.74, 6) is 0. The van der Waals surface area contributed by atoms with Gasteiger partial charge in [-0.15, -0.1) is 0 Å². The van der Waals surface area contributed by atoms with E-state index in [9.17, 15) is 0 Å². The fourth-order valence-electron chi connectivity index (χ4n) is 0.273. The van der Waals surface area contributed by atoms with Crippen LogP contribution in [0.25, 0.3) is 0 Å². The van der Waals surface area contributed by atoms with Crippen molar-refractivity contribution in [2.45, 2.75) is 13.2 Å². The molecule has 0 amide bonds. The molecule has 0 aromatic rings. The van der Waals surface area contributed by atoms with E-state index in [4.69, 9.17) is 10.2 Å². The Morgan fingerprint density at radius 2 is 2.00 bits per heavy atom. The van der Waals surface area contributed by atoms with Crippen LogP contribution < -0.4 is 56.7 Å². The summed E-state index contributed by atoms with van der Waals surface area (Å²) in [4.78, 5) is 0. The molecule has 52 valence electrons. The van der Waals surface area contributed by atoms with Gasteiger partial charge in [0.15, 0.2) is 0 Å². The Labute approximate surface area is 97.4 Å². The summed E-state index contributed by atoms with van der Waals surface area (Å²) in [5.41, 5.74) is 0. The number of aliphatic hydroxyl groups excluding tert-OH is 2. The van der Waals surface area contributed by atoms with E-state index < -0.39 is 6.23 Å². The van der Waals surface area contributed by atoms with Crippen LogP contribution in [0.15, 0.2) is 0 Å². The van der Waals surface area contributed by atoms with E-state index in [-0.39, 0.29) is 63.5 Å². The maximum absolute atomic E-state index is 8.46. The summed E-state index contributed by atoms with van der Waals surface area (Å²) in [6.07, 6.45) is -0.507. The van der Waals surface area contributed by atoms with Gasteiger partial charge in [-0.2, -0.15) is 0 Å². The predicted molar refractivity (Wildman–Crippen MR) is 28.7 cm³/mol. The molecular weight excluding hydrogens is 149 g/mol. The second-order valence-corrected chi connectivity index (χ2v) is 1.35. The maximum Gasteiger partial charge on any atom is 1.00 e. The zero-order chi connectivity index (χ0) is 5.70. The Bertz CT molecular complexity index is 44.8. The van der Waals surface area contributed by atoms with Crippen LogP contribution in [0.2, 0.25) is 0 Å². The fraction of sp³-hybridized carbons (Fsp3) is 1.00. The predicted octanol–water partition coefficient (Wildman–Crippen LogP) is -4.27. The van der Waals surface area contributed by atoms with E-state index in [0.29, 0.717) is 6.54 Å². The normalized spacial score (nSPS) is 11.0. The van der Waals surface area contributed by atoms with Crippen LogP contribution in [0.4, 0.5) is 0 Å². The quantitative estimate of drug-likeness (QED) is 0.289. The molecule has 0 aliphatic heterocycles. The van der Waals surface area contributed by atoms with Gasteiger partial charge in [-0.3, -0.25) is 5.32 Å². The summed E-state index contributed by atoms with van der Waals surface area (Å²) < 4.78 is 0. The standard InChI is InChI=1S/C4H11NO2.K.H2O/c1-4(7)5-2-3-6;;/h4-7H,2-3H2,1H3;;1H2/q;+1;/p-1. The van der Waals surface area contributed by atoms with Crippen LogP contribution in [0.3, 0.4) is 0 Å². The molecule has 1 unspecified atom stereocenters. The topological polar surface area (TPSA) is 82.5 Å². The fourth-order valence-corrected chi connectivity index (χ4v) is 0.273. The molecule has 4 N–H and O–H groups in total. The van der Waals surface area contributed by atoms with Crippen LogP contribution in [0, 0.1) is 0 Å². The van der Waals surface area contributed by atoms with E-state index in [0.717, 1.165) is 0 Å². The first kappa shape index (κ1) is 16.8. The summed E-state index contributed by atoms with van der Waals surface area (Å²) in [6.45, 7) is 2.14. The Kier molecular flexibility index (Phi) is 22.8. The molecule has 0 aliphatic carbocycles. The van der Waals surface area contributed by atoms with Crippen molar-refractivity contribution in [3.8, 4) is 0 Å². The first-order valence-corrected chi connectivity index (χ1v) is 2.29. The molecule has 5 heteroatoms. The van der Waals surface area contributed by atoms with E-state index >= 15 is 0 Å². The first-order valence-electron chi connectivity index (χ1n) is 2.29. The summed E-state index contributed by atoms with van der Waals surface area (Å²) >= 11 is 0. The number of hydrogen-bond donors (Lipinski definition) is 3. The second kappa shape index (κ2) is 12.2. The van der Waals surface area contributed by atoms with Crippen molar-refractivity contribution in [3.05, 3.63) is 0 Å². The Hall–Kier alpha value is 1.48. The molecule has 0 aromatic heterocycles. The molecule has 0 bridgehead atoms. The number of rotatable bonds is 3. The molecule has 9 heavy (non-hydrogen) atoms. The molecule has 0 fully saturated rings. The van der Waals surface area contributed by atoms with Crippen molar-refractivity contribution in [2.24, 2.45) is 0 Å². The average Bonchev–Trinajstić information content (AvgIpc) is 1.61. The van der Waals surface area contributed by atoms with Crippen molar-refractivity contribution in [1.29, 1.82) is 0 Å². The smallest absolute Gasteiger partial charge is 0.870 e. The van der Waals surface area contributed by atoms with Crippen LogP contribution >= 0.6 is 0 Å². The Morgan fingerprint density at radius 1 is 1.56 bits per heavy atom. The molecule has 0 rings (SSSR count). The van der Waals surface area contributed by atoms with E-state index in [1.54, 1.807) is 6.92 Å². The molecule has 4 nitrogen and oxygen atoms in total. The van der Waals surface area contributed by atoms with Gasteiger partial charge in [0.1, 0.15) is 6.23 Å². The van der Waals surface area contributed by atoms with Crippen molar-refractivity contribution in [3.63, 3.8) is 0 Å². The van der Waals surface area contributed by atoms with Crippen LogP contribution in [-0.4, -0.2) is 35.1 Å².